The predicted octanol–water partition coefficient (Wildman–Crippen LogP) is 0.640. The van der Waals surface area contributed by atoms with E-state index in [0.29, 0.717) is 18.4 Å². The zero-order valence-corrected chi connectivity index (χ0v) is 12.9. The lowest BCUT2D eigenvalue weighted by Crippen LogP contribution is -2.40. The Morgan fingerprint density at radius 3 is 2.77 bits per heavy atom. The number of aliphatic carboxylic acids is 1. The number of benzene rings is 1. The summed E-state index contributed by atoms with van der Waals surface area (Å²) in [6, 6.07) is 4.89. The third-order valence-corrected chi connectivity index (χ3v) is 5.47. The van der Waals surface area contributed by atoms with Crippen LogP contribution in [-0.4, -0.2) is 49.5 Å². The van der Waals surface area contributed by atoms with Gasteiger partial charge in [-0.2, -0.15) is 4.31 Å². The van der Waals surface area contributed by atoms with Gasteiger partial charge in [0.15, 0.2) is 0 Å². The summed E-state index contributed by atoms with van der Waals surface area (Å²) in [7, 11) is -2.64. The molecule has 1 N–H and O–H groups in total. The molecule has 22 heavy (non-hydrogen) atoms. The molecule has 0 unspecified atom stereocenters. The van der Waals surface area contributed by atoms with Gasteiger partial charge in [-0.15, -0.1) is 0 Å². The number of esters is 1. The van der Waals surface area contributed by atoms with Gasteiger partial charge in [0.1, 0.15) is 6.04 Å². The Morgan fingerprint density at radius 1 is 1.41 bits per heavy atom. The molecule has 7 nitrogen and oxygen atoms in total. The van der Waals surface area contributed by atoms with Crippen LogP contribution in [0.15, 0.2) is 29.2 Å². The Bertz CT molecular complexity index is 684. The van der Waals surface area contributed by atoms with Crippen molar-refractivity contribution in [2.24, 2.45) is 0 Å². The van der Waals surface area contributed by atoms with Crippen LogP contribution in [0.5, 0.6) is 0 Å². The molecule has 120 valence electrons. The SMILES string of the molecule is COC(=O)Cc1cccc(S(=O)(=O)N2CCC[C@H]2C(=O)O)c1. The van der Waals surface area contributed by atoms with Crippen LogP contribution in [0.1, 0.15) is 18.4 Å². The molecule has 0 aromatic heterocycles. The van der Waals surface area contributed by atoms with Crippen molar-refractivity contribution in [1.29, 1.82) is 0 Å². The number of hydrogen-bond acceptors (Lipinski definition) is 5. The van der Waals surface area contributed by atoms with Crippen molar-refractivity contribution < 1.29 is 27.9 Å². The summed E-state index contributed by atoms with van der Waals surface area (Å²) in [5, 5.41) is 9.13. The maximum atomic E-state index is 12.6. The molecule has 1 atom stereocenters. The minimum absolute atomic E-state index is 0.0120. The summed E-state index contributed by atoms with van der Waals surface area (Å²) in [6.07, 6.45) is 0.774. The van der Waals surface area contributed by atoms with E-state index < -0.39 is 28.0 Å². The molecule has 0 aliphatic carbocycles. The van der Waals surface area contributed by atoms with Gasteiger partial charge in [0, 0.05) is 6.54 Å². The highest BCUT2D eigenvalue weighted by atomic mass is 32.2. The zero-order chi connectivity index (χ0) is 16.3. The molecule has 1 aliphatic heterocycles. The topological polar surface area (TPSA) is 101 Å². The maximum Gasteiger partial charge on any atom is 0.322 e. The highest BCUT2D eigenvalue weighted by molar-refractivity contribution is 7.89. The fourth-order valence-electron chi connectivity index (χ4n) is 2.46. The van der Waals surface area contributed by atoms with Gasteiger partial charge < -0.3 is 9.84 Å². The molecule has 0 bridgehead atoms. The van der Waals surface area contributed by atoms with E-state index in [1.807, 2.05) is 0 Å². The van der Waals surface area contributed by atoms with E-state index in [-0.39, 0.29) is 17.9 Å². The Morgan fingerprint density at radius 2 is 2.14 bits per heavy atom. The molecular weight excluding hydrogens is 310 g/mol. The van der Waals surface area contributed by atoms with Gasteiger partial charge in [0.05, 0.1) is 18.4 Å². The van der Waals surface area contributed by atoms with Crippen LogP contribution in [0.4, 0.5) is 0 Å². The van der Waals surface area contributed by atoms with Crippen molar-refractivity contribution in [2.45, 2.75) is 30.2 Å². The molecule has 1 heterocycles. The van der Waals surface area contributed by atoms with Gasteiger partial charge in [-0.3, -0.25) is 9.59 Å². The predicted molar refractivity (Wildman–Crippen MR) is 76.7 cm³/mol. The molecule has 0 radical (unpaired) electrons. The van der Waals surface area contributed by atoms with Gasteiger partial charge >= 0.3 is 11.9 Å². The number of ether oxygens (including phenoxy) is 1. The van der Waals surface area contributed by atoms with Crippen LogP contribution >= 0.6 is 0 Å². The van der Waals surface area contributed by atoms with Crippen molar-refractivity contribution in [3.05, 3.63) is 29.8 Å². The van der Waals surface area contributed by atoms with Crippen LogP contribution in [-0.2, 0) is 30.8 Å². The molecular formula is C14H17NO6S. The number of carboxylic acid groups (broad SMARTS) is 1. The molecule has 0 saturated carbocycles. The van der Waals surface area contributed by atoms with Crippen LogP contribution in [0.25, 0.3) is 0 Å². The van der Waals surface area contributed by atoms with E-state index in [9.17, 15) is 18.0 Å². The molecule has 1 saturated heterocycles. The van der Waals surface area contributed by atoms with Gasteiger partial charge in [-0.25, -0.2) is 8.42 Å². The van der Waals surface area contributed by atoms with E-state index >= 15 is 0 Å². The average Bonchev–Trinajstić information content (AvgIpc) is 2.98. The van der Waals surface area contributed by atoms with Crippen LogP contribution in [0.2, 0.25) is 0 Å². The average molecular weight is 327 g/mol. The van der Waals surface area contributed by atoms with Crippen molar-refractivity contribution in [2.75, 3.05) is 13.7 Å². The molecule has 1 fully saturated rings. The van der Waals surface area contributed by atoms with Crippen LogP contribution in [0.3, 0.4) is 0 Å². The quantitative estimate of drug-likeness (QED) is 0.797. The summed E-state index contributed by atoms with van der Waals surface area (Å²) in [5.74, 6) is -1.62. The third kappa shape index (κ3) is 3.28. The van der Waals surface area contributed by atoms with E-state index in [1.165, 1.54) is 25.3 Å². The van der Waals surface area contributed by atoms with Crippen molar-refractivity contribution >= 4 is 22.0 Å². The van der Waals surface area contributed by atoms with Crippen LogP contribution < -0.4 is 0 Å². The van der Waals surface area contributed by atoms with Crippen LogP contribution in [0, 0.1) is 0 Å². The molecule has 1 aromatic rings. The van der Waals surface area contributed by atoms with Crippen molar-refractivity contribution in [3.63, 3.8) is 0 Å². The normalized spacial score (nSPS) is 19.0. The minimum Gasteiger partial charge on any atom is -0.480 e. The number of sulfonamides is 1. The van der Waals surface area contributed by atoms with Gasteiger partial charge in [0.25, 0.3) is 0 Å². The standard InChI is InChI=1S/C14H17NO6S/c1-21-13(16)9-10-4-2-5-11(8-10)22(19,20)15-7-3-6-12(15)14(17)18/h2,4-5,8,12H,3,6-7,9H2,1H3,(H,17,18)/t12-/m0/s1. The smallest absolute Gasteiger partial charge is 0.322 e. The summed E-state index contributed by atoms with van der Waals surface area (Å²) in [5.41, 5.74) is 0.499. The molecule has 2 rings (SSSR count). The summed E-state index contributed by atoms with van der Waals surface area (Å²) < 4.78 is 30.8. The number of hydrogen-bond donors (Lipinski definition) is 1. The Balaban J connectivity index is 2.31. The largest absolute Gasteiger partial charge is 0.480 e. The number of carbonyl (C=O) groups is 2. The van der Waals surface area contributed by atoms with E-state index in [4.69, 9.17) is 5.11 Å². The summed E-state index contributed by atoms with van der Waals surface area (Å²) in [6.45, 7) is 0.181. The first kappa shape index (κ1) is 16.4. The molecule has 0 amide bonds. The molecule has 8 heteroatoms. The summed E-state index contributed by atoms with van der Waals surface area (Å²) in [4.78, 5) is 22.4. The lowest BCUT2D eigenvalue weighted by atomic mass is 10.1. The molecule has 1 aliphatic rings. The highest BCUT2D eigenvalue weighted by Gasteiger charge is 2.39. The zero-order valence-electron chi connectivity index (χ0n) is 12.1. The first-order valence-corrected chi connectivity index (χ1v) is 8.20. The third-order valence-electron chi connectivity index (χ3n) is 3.57. The first-order valence-electron chi connectivity index (χ1n) is 6.76. The lowest BCUT2D eigenvalue weighted by molar-refractivity contribution is -0.141. The van der Waals surface area contributed by atoms with E-state index in [2.05, 4.69) is 4.74 Å². The fourth-order valence-corrected chi connectivity index (χ4v) is 4.19. The van der Waals surface area contributed by atoms with Crippen molar-refractivity contribution in [3.8, 4) is 0 Å². The lowest BCUT2D eigenvalue weighted by Gasteiger charge is -2.21. The second kappa shape index (κ2) is 6.45. The number of methoxy groups -OCH3 is 1. The molecule has 1 aromatic carbocycles. The van der Waals surface area contributed by atoms with Crippen molar-refractivity contribution in [1.82, 2.24) is 4.31 Å². The second-order valence-corrected chi connectivity index (χ2v) is 6.90. The Kier molecular flexibility index (Phi) is 4.82. The second-order valence-electron chi connectivity index (χ2n) is 5.01. The highest BCUT2D eigenvalue weighted by Crippen LogP contribution is 2.26. The monoisotopic (exact) mass is 327 g/mol. The van der Waals surface area contributed by atoms with Gasteiger partial charge in [-0.1, -0.05) is 12.1 Å². The molecule has 0 spiro atoms. The number of carboxylic acids is 1. The van der Waals surface area contributed by atoms with Gasteiger partial charge in [-0.05, 0) is 30.5 Å². The van der Waals surface area contributed by atoms with E-state index in [0.717, 1.165) is 4.31 Å². The maximum absolute atomic E-state index is 12.6. The Hall–Kier alpha value is -1.93. The summed E-state index contributed by atoms with van der Waals surface area (Å²) >= 11 is 0. The Labute approximate surface area is 128 Å². The minimum atomic E-state index is -3.90. The number of nitrogens with zero attached hydrogens (tertiary/aromatic N) is 1. The number of carbonyl (C=O) groups excluding carboxylic acids is 1. The van der Waals surface area contributed by atoms with Gasteiger partial charge in [0.2, 0.25) is 10.0 Å². The fraction of sp³-hybridized carbons (Fsp3) is 0.429. The first-order chi connectivity index (χ1) is 10.4. The van der Waals surface area contributed by atoms with E-state index in [1.54, 1.807) is 6.07 Å². The number of rotatable bonds is 5.